The van der Waals surface area contributed by atoms with Gasteiger partial charge in [-0.15, -0.1) is 0 Å². The summed E-state index contributed by atoms with van der Waals surface area (Å²) in [5.74, 6) is 5.42. The highest BCUT2D eigenvalue weighted by Gasteiger charge is 2.11. The number of hydrazine groups is 1. The maximum Gasteiger partial charge on any atom is 0.123 e. The van der Waals surface area contributed by atoms with Gasteiger partial charge in [0.05, 0.1) is 6.04 Å². The summed E-state index contributed by atoms with van der Waals surface area (Å²) in [6, 6.07) is 12.6. The van der Waals surface area contributed by atoms with Crippen LogP contribution in [-0.2, 0) is 0 Å². The molecule has 0 aliphatic heterocycles. The summed E-state index contributed by atoms with van der Waals surface area (Å²) in [5, 5.41) is 9.22. The lowest BCUT2D eigenvalue weighted by atomic mass is 9.99. The van der Waals surface area contributed by atoms with Crippen molar-refractivity contribution < 1.29 is 9.50 Å². The molecule has 1 atom stereocenters. The molecule has 17 heavy (non-hydrogen) atoms. The Morgan fingerprint density at radius 1 is 0.941 bits per heavy atom. The van der Waals surface area contributed by atoms with Crippen molar-refractivity contribution >= 4 is 0 Å². The van der Waals surface area contributed by atoms with Gasteiger partial charge in [-0.3, -0.25) is 5.84 Å². The molecule has 0 saturated heterocycles. The molecular weight excluding hydrogens is 219 g/mol. The molecule has 4 N–H and O–H groups in total. The Kier molecular flexibility index (Phi) is 3.37. The predicted molar refractivity (Wildman–Crippen MR) is 63.7 cm³/mol. The van der Waals surface area contributed by atoms with Gasteiger partial charge in [0.1, 0.15) is 11.6 Å². The number of halogens is 1. The van der Waals surface area contributed by atoms with Crippen molar-refractivity contribution in [1.29, 1.82) is 0 Å². The minimum absolute atomic E-state index is 0.198. The van der Waals surface area contributed by atoms with E-state index in [9.17, 15) is 9.50 Å². The maximum absolute atomic E-state index is 12.8. The molecule has 4 heteroatoms. The van der Waals surface area contributed by atoms with E-state index in [1.54, 1.807) is 36.4 Å². The molecule has 2 aromatic rings. The average Bonchev–Trinajstić information content (AvgIpc) is 2.35. The summed E-state index contributed by atoms with van der Waals surface area (Å²) in [5.41, 5.74) is 4.43. The van der Waals surface area contributed by atoms with Crippen LogP contribution in [0.3, 0.4) is 0 Å². The molecule has 0 spiro atoms. The molecule has 0 aromatic heterocycles. The highest BCUT2D eigenvalue weighted by Crippen LogP contribution is 2.23. The topological polar surface area (TPSA) is 58.3 Å². The first-order valence-electron chi connectivity index (χ1n) is 5.21. The molecule has 0 bridgehead atoms. The SMILES string of the molecule is NN[C@H](c1ccc(O)cc1)c1ccc(F)cc1. The predicted octanol–water partition coefficient (Wildman–Crippen LogP) is 2.08. The largest absolute Gasteiger partial charge is 0.508 e. The van der Waals surface area contributed by atoms with Gasteiger partial charge < -0.3 is 5.11 Å². The fourth-order valence-corrected chi connectivity index (χ4v) is 1.71. The van der Waals surface area contributed by atoms with Gasteiger partial charge in [-0.25, -0.2) is 9.82 Å². The van der Waals surface area contributed by atoms with E-state index in [0.29, 0.717) is 0 Å². The van der Waals surface area contributed by atoms with Crippen LogP contribution in [0.2, 0.25) is 0 Å². The summed E-state index contributed by atoms with van der Waals surface area (Å²) in [4.78, 5) is 0. The van der Waals surface area contributed by atoms with E-state index < -0.39 is 0 Å². The molecule has 0 amide bonds. The summed E-state index contributed by atoms with van der Waals surface area (Å²) in [6.07, 6.45) is 0. The molecule has 88 valence electrons. The van der Waals surface area contributed by atoms with Crippen molar-refractivity contribution in [1.82, 2.24) is 5.43 Å². The second kappa shape index (κ2) is 4.95. The van der Waals surface area contributed by atoms with Gasteiger partial charge in [-0.05, 0) is 35.4 Å². The minimum atomic E-state index is -0.282. The van der Waals surface area contributed by atoms with Gasteiger partial charge in [0, 0.05) is 0 Å². The number of phenolic OH excluding ortho intramolecular Hbond substituents is 1. The van der Waals surface area contributed by atoms with E-state index in [-0.39, 0.29) is 17.6 Å². The molecule has 0 unspecified atom stereocenters. The molecule has 0 aliphatic carbocycles. The van der Waals surface area contributed by atoms with Gasteiger partial charge >= 0.3 is 0 Å². The quantitative estimate of drug-likeness (QED) is 0.561. The molecule has 0 radical (unpaired) electrons. The lowest BCUT2D eigenvalue weighted by molar-refractivity contribution is 0.474. The zero-order chi connectivity index (χ0) is 12.3. The number of hydrogen-bond donors (Lipinski definition) is 3. The van der Waals surface area contributed by atoms with Crippen molar-refractivity contribution in [3.8, 4) is 5.75 Å². The normalized spacial score (nSPS) is 12.4. The lowest BCUT2D eigenvalue weighted by Crippen LogP contribution is -2.28. The smallest absolute Gasteiger partial charge is 0.123 e. The molecule has 3 nitrogen and oxygen atoms in total. The highest BCUT2D eigenvalue weighted by molar-refractivity contribution is 5.34. The lowest BCUT2D eigenvalue weighted by Gasteiger charge is -2.16. The van der Waals surface area contributed by atoms with E-state index in [0.717, 1.165) is 11.1 Å². The van der Waals surface area contributed by atoms with E-state index >= 15 is 0 Å². The van der Waals surface area contributed by atoms with Crippen LogP contribution in [0.4, 0.5) is 4.39 Å². The number of nitrogens with two attached hydrogens (primary N) is 1. The molecule has 2 aromatic carbocycles. The molecule has 0 fully saturated rings. The second-order valence-corrected chi connectivity index (χ2v) is 3.74. The first kappa shape index (κ1) is 11.6. The van der Waals surface area contributed by atoms with Crippen LogP contribution in [0.1, 0.15) is 17.2 Å². The molecular formula is C13H13FN2O. The fraction of sp³-hybridized carbons (Fsp3) is 0.0769. The number of benzene rings is 2. The molecule has 2 rings (SSSR count). The highest BCUT2D eigenvalue weighted by atomic mass is 19.1. The number of nitrogens with one attached hydrogen (secondary N) is 1. The first-order valence-corrected chi connectivity index (χ1v) is 5.21. The fourth-order valence-electron chi connectivity index (χ4n) is 1.71. The van der Waals surface area contributed by atoms with Crippen molar-refractivity contribution in [3.63, 3.8) is 0 Å². The molecule has 0 aliphatic rings. The average molecular weight is 232 g/mol. The van der Waals surface area contributed by atoms with Crippen LogP contribution >= 0.6 is 0 Å². The molecule has 0 heterocycles. The monoisotopic (exact) mass is 232 g/mol. The zero-order valence-electron chi connectivity index (χ0n) is 9.10. The van der Waals surface area contributed by atoms with E-state index in [1.807, 2.05) is 0 Å². The Morgan fingerprint density at radius 3 is 1.88 bits per heavy atom. The number of hydrogen-bond acceptors (Lipinski definition) is 3. The van der Waals surface area contributed by atoms with E-state index in [1.165, 1.54) is 12.1 Å². The summed E-state index contributed by atoms with van der Waals surface area (Å²) in [6.45, 7) is 0. The number of aromatic hydroxyl groups is 1. The Balaban J connectivity index is 2.33. The van der Waals surface area contributed by atoms with Gasteiger partial charge in [-0.1, -0.05) is 24.3 Å². The van der Waals surface area contributed by atoms with Gasteiger partial charge in [0.2, 0.25) is 0 Å². The van der Waals surface area contributed by atoms with Crippen LogP contribution in [0, 0.1) is 5.82 Å². The van der Waals surface area contributed by atoms with Crippen molar-refractivity contribution in [3.05, 3.63) is 65.5 Å². The minimum Gasteiger partial charge on any atom is -0.508 e. The third kappa shape index (κ3) is 2.61. The van der Waals surface area contributed by atoms with E-state index in [4.69, 9.17) is 5.84 Å². The van der Waals surface area contributed by atoms with Gasteiger partial charge in [0.25, 0.3) is 0 Å². The standard InChI is InChI=1S/C13H13FN2O/c14-11-5-1-9(2-6-11)13(16-15)10-3-7-12(17)8-4-10/h1-8,13,16-17H,15H2/t13-/m0/s1. The van der Waals surface area contributed by atoms with Crippen molar-refractivity contribution in [2.24, 2.45) is 5.84 Å². The third-order valence-corrected chi connectivity index (χ3v) is 2.60. The van der Waals surface area contributed by atoms with Gasteiger partial charge in [-0.2, -0.15) is 0 Å². The van der Waals surface area contributed by atoms with Crippen LogP contribution in [0.5, 0.6) is 5.75 Å². The van der Waals surface area contributed by atoms with Crippen LogP contribution < -0.4 is 11.3 Å². The Hall–Kier alpha value is -1.91. The van der Waals surface area contributed by atoms with Crippen molar-refractivity contribution in [2.75, 3.05) is 0 Å². The van der Waals surface area contributed by atoms with Crippen LogP contribution in [-0.4, -0.2) is 5.11 Å². The second-order valence-electron chi connectivity index (χ2n) is 3.74. The Labute approximate surface area is 98.7 Å². The third-order valence-electron chi connectivity index (χ3n) is 2.60. The number of rotatable bonds is 3. The summed E-state index contributed by atoms with van der Waals surface area (Å²) in [7, 11) is 0. The first-order chi connectivity index (χ1) is 8.20. The van der Waals surface area contributed by atoms with E-state index in [2.05, 4.69) is 5.43 Å². The number of phenols is 1. The molecule has 0 saturated carbocycles. The van der Waals surface area contributed by atoms with Crippen LogP contribution in [0.15, 0.2) is 48.5 Å². The maximum atomic E-state index is 12.8. The van der Waals surface area contributed by atoms with Gasteiger partial charge in [0.15, 0.2) is 0 Å². The van der Waals surface area contributed by atoms with Crippen LogP contribution in [0.25, 0.3) is 0 Å². The zero-order valence-corrected chi connectivity index (χ0v) is 9.10. The summed E-state index contributed by atoms with van der Waals surface area (Å²) >= 11 is 0. The van der Waals surface area contributed by atoms with Crippen molar-refractivity contribution in [2.45, 2.75) is 6.04 Å². The summed E-state index contributed by atoms with van der Waals surface area (Å²) < 4.78 is 12.8. The Bertz CT molecular complexity index is 436. The Morgan fingerprint density at radius 2 is 1.41 bits per heavy atom.